The first-order chi connectivity index (χ1) is 8.30. The molecule has 0 unspecified atom stereocenters. The molecule has 0 spiro atoms. The molecule has 0 fully saturated rings. The third-order valence-corrected chi connectivity index (χ3v) is 5.04. The number of nitrogens with two attached hydrogens (primary N) is 1. The smallest absolute Gasteiger partial charge is 0.245 e. The number of anilines is 1. The standard InChI is InChI=1S/C10H14ClFN2O2S2/c1-14(3-4-17-2)18(15,16)9-6-7(13)5-8(11)10(9)12/h5-6H,3-4,13H2,1-2H3. The molecule has 0 saturated heterocycles. The van der Waals surface area contributed by atoms with E-state index in [0.717, 1.165) is 10.4 Å². The summed E-state index contributed by atoms with van der Waals surface area (Å²) >= 11 is 7.09. The molecule has 0 aliphatic rings. The van der Waals surface area contributed by atoms with Crippen LogP contribution in [0.3, 0.4) is 0 Å². The second-order valence-corrected chi connectivity index (χ2v) is 7.04. The average molecular weight is 313 g/mol. The maximum atomic E-state index is 13.8. The van der Waals surface area contributed by atoms with Gasteiger partial charge in [-0.05, 0) is 18.4 Å². The largest absolute Gasteiger partial charge is 0.399 e. The molecule has 0 aliphatic carbocycles. The Labute approximate surface area is 115 Å². The van der Waals surface area contributed by atoms with Gasteiger partial charge in [0, 0.05) is 25.0 Å². The van der Waals surface area contributed by atoms with E-state index in [4.69, 9.17) is 17.3 Å². The van der Waals surface area contributed by atoms with Gasteiger partial charge in [0.25, 0.3) is 0 Å². The SMILES string of the molecule is CSCCN(C)S(=O)(=O)c1cc(N)cc(Cl)c1F. The fourth-order valence-corrected chi connectivity index (χ4v) is 3.42. The predicted octanol–water partition coefficient (Wildman–Crippen LogP) is 2.04. The van der Waals surface area contributed by atoms with Crippen LogP contribution in [0, 0.1) is 5.82 Å². The van der Waals surface area contributed by atoms with Gasteiger partial charge in [0.05, 0.1) is 5.02 Å². The van der Waals surface area contributed by atoms with Crippen molar-refractivity contribution in [1.82, 2.24) is 4.31 Å². The van der Waals surface area contributed by atoms with E-state index in [1.54, 1.807) is 0 Å². The van der Waals surface area contributed by atoms with Gasteiger partial charge in [-0.25, -0.2) is 17.1 Å². The molecular formula is C10H14ClFN2O2S2. The lowest BCUT2D eigenvalue weighted by atomic mass is 10.3. The first-order valence-electron chi connectivity index (χ1n) is 5.00. The van der Waals surface area contributed by atoms with Gasteiger partial charge in [-0.15, -0.1) is 0 Å². The lowest BCUT2D eigenvalue weighted by Crippen LogP contribution is -2.29. The van der Waals surface area contributed by atoms with Crippen molar-refractivity contribution >= 4 is 39.1 Å². The highest BCUT2D eigenvalue weighted by Gasteiger charge is 2.26. The molecule has 102 valence electrons. The minimum Gasteiger partial charge on any atom is -0.399 e. The highest BCUT2D eigenvalue weighted by Crippen LogP contribution is 2.27. The van der Waals surface area contributed by atoms with E-state index < -0.39 is 20.7 Å². The predicted molar refractivity (Wildman–Crippen MR) is 74.0 cm³/mol. The Kier molecular flexibility index (Phi) is 5.27. The Bertz CT molecular complexity index is 537. The fraction of sp³-hybridized carbons (Fsp3) is 0.400. The van der Waals surface area contributed by atoms with Crippen LogP contribution in [0.25, 0.3) is 0 Å². The molecule has 0 aromatic heterocycles. The molecule has 0 radical (unpaired) electrons. The number of benzene rings is 1. The molecule has 18 heavy (non-hydrogen) atoms. The average Bonchev–Trinajstić information content (AvgIpc) is 2.30. The van der Waals surface area contributed by atoms with Crippen LogP contribution < -0.4 is 5.73 Å². The zero-order valence-corrected chi connectivity index (χ0v) is 12.4. The van der Waals surface area contributed by atoms with Crippen LogP contribution in [0.4, 0.5) is 10.1 Å². The number of rotatable bonds is 5. The molecule has 4 nitrogen and oxygen atoms in total. The molecule has 0 saturated carbocycles. The van der Waals surface area contributed by atoms with Gasteiger partial charge in [0.1, 0.15) is 4.90 Å². The topological polar surface area (TPSA) is 63.4 Å². The minimum absolute atomic E-state index is 0.109. The van der Waals surface area contributed by atoms with Crippen molar-refractivity contribution in [2.24, 2.45) is 0 Å². The molecule has 0 bridgehead atoms. The van der Waals surface area contributed by atoms with Gasteiger partial charge >= 0.3 is 0 Å². The van der Waals surface area contributed by atoms with Gasteiger partial charge in [-0.2, -0.15) is 11.8 Å². The molecule has 0 aliphatic heterocycles. The van der Waals surface area contributed by atoms with E-state index in [1.165, 1.54) is 24.9 Å². The Morgan fingerprint density at radius 2 is 2.11 bits per heavy atom. The van der Waals surface area contributed by atoms with Crippen molar-refractivity contribution in [3.8, 4) is 0 Å². The third-order valence-electron chi connectivity index (χ3n) is 2.32. The number of nitrogen functional groups attached to an aromatic ring is 1. The fourth-order valence-electron chi connectivity index (χ4n) is 1.28. The van der Waals surface area contributed by atoms with Gasteiger partial charge < -0.3 is 5.73 Å². The van der Waals surface area contributed by atoms with E-state index in [2.05, 4.69) is 0 Å². The summed E-state index contributed by atoms with van der Waals surface area (Å²) in [6.45, 7) is 0.287. The summed E-state index contributed by atoms with van der Waals surface area (Å²) in [6, 6.07) is 2.25. The second-order valence-electron chi connectivity index (χ2n) is 3.63. The number of sulfonamides is 1. The molecule has 0 heterocycles. The summed E-state index contributed by atoms with van der Waals surface area (Å²) < 4.78 is 39.1. The number of hydrogen-bond acceptors (Lipinski definition) is 4. The van der Waals surface area contributed by atoms with Gasteiger partial charge in [-0.1, -0.05) is 11.6 Å². The normalized spacial score (nSPS) is 12.1. The lowest BCUT2D eigenvalue weighted by Gasteiger charge is -2.17. The Balaban J connectivity index is 3.20. The third kappa shape index (κ3) is 3.28. The second kappa shape index (κ2) is 6.10. The van der Waals surface area contributed by atoms with Crippen LogP contribution in [-0.2, 0) is 10.0 Å². The maximum Gasteiger partial charge on any atom is 0.245 e. The number of thioether (sulfide) groups is 1. The van der Waals surface area contributed by atoms with E-state index >= 15 is 0 Å². The summed E-state index contributed by atoms with van der Waals surface area (Å²) in [5.74, 6) is -0.352. The molecule has 2 N–H and O–H groups in total. The lowest BCUT2D eigenvalue weighted by molar-refractivity contribution is 0.480. The van der Waals surface area contributed by atoms with Crippen LogP contribution in [0.5, 0.6) is 0 Å². The highest BCUT2D eigenvalue weighted by molar-refractivity contribution is 7.98. The maximum absolute atomic E-state index is 13.8. The van der Waals surface area contributed by atoms with Crippen molar-refractivity contribution in [2.45, 2.75) is 4.90 Å². The monoisotopic (exact) mass is 312 g/mol. The highest BCUT2D eigenvalue weighted by atomic mass is 35.5. The van der Waals surface area contributed by atoms with Gasteiger partial charge in [0.2, 0.25) is 10.0 Å². The summed E-state index contributed by atoms with van der Waals surface area (Å²) in [4.78, 5) is -0.490. The van der Waals surface area contributed by atoms with E-state index in [1.807, 2.05) is 6.26 Å². The minimum atomic E-state index is -3.91. The van der Waals surface area contributed by atoms with E-state index in [9.17, 15) is 12.8 Å². The molecule has 0 amide bonds. The quantitative estimate of drug-likeness (QED) is 0.845. The van der Waals surface area contributed by atoms with E-state index in [0.29, 0.717) is 5.75 Å². The van der Waals surface area contributed by atoms with Crippen LogP contribution >= 0.6 is 23.4 Å². The zero-order valence-electron chi connectivity index (χ0n) is 9.98. The van der Waals surface area contributed by atoms with Crippen molar-refractivity contribution in [3.05, 3.63) is 23.0 Å². The molecule has 8 heteroatoms. The van der Waals surface area contributed by atoms with Crippen LogP contribution in [0.1, 0.15) is 0 Å². The van der Waals surface area contributed by atoms with E-state index in [-0.39, 0.29) is 17.3 Å². The molecule has 0 atom stereocenters. The molecular weight excluding hydrogens is 299 g/mol. The van der Waals surface area contributed by atoms with Crippen LogP contribution in [-0.4, -0.2) is 38.3 Å². The number of halogens is 2. The first-order valence-corrected chi connectivity index (χ1v) is 8.21. The molecule has 1 aromatic rings. The number of nitrogens with zero attached hydrogens (tertiary/aromatic N) is 1. The van der Waals surface area contributed by atoms with Gasteiger partial charge in [0.15, 0.2) is 5.82 Å². The Morgan fingerprint density at radius 3 is 2.67 bits per heavy atom. The zero-order chi connectivity index (χ0) is 13.9. The van der Waals surface area contributed by atoms with Crippen LogP contribution in [0.15, 0.2) is 17.0 Å². The summed E-state index contributed by atoms with van der Waals surface area (Å²) in [7, 11) is -2.52. The first kappa shape index (κ1) is 15.6. The summed E-state index contributed by atoms with van der Waals surface area (Å²) in [5.41, 5.74) is 5.60. The Morgan fingerprint density at radius 1 is 1.50 bits per heavy atom. The van der Waals surface area contributed by atoms with Gasteiger partial charge in [-0.3, -0.25) is 0 Å². The van der Waals surface area contributed by atoms with Crippen molar-refractivity contribution in [3.63, 3.8) is 0 Å². The molecule has 1 aromatic carbocycles. The summed E-state index contributed by atoms with van der Waals surface area (Å²) in [6.07, 6.45) is 1.86. The van der Waals surface area contributed by atoms with Crippen molar-refractivity contribution < 1.29 is 12.8 Å². The van der Waals surface area contributed by atoms with Crippen LogP contribution in [0.2, 0.25) is 5.02 Å². The Hall–Kier alpha value is -0.500. The summed E-state index contributed by atoms with van der Waals surface area (Å²) in [5, 5.41) is -0.299. The number of hydrogen-bond donors (Lipinski definition) is 1. The molecule has 1 rings (SSSR count). The van der Waals surface area contributed by atoms with Crippen molar-refractivity contribution in [2.75, 3.05) is 31.3 Å². The van der Waals surface area contributed by atoms with Crippen molar-refractivity contribution in [1.29, 1.82) is 0 Å².